The molecule has 1 N–H and O–H groups in total. The molecule has 0 aromatic heterocycles. The van der Waals surface area contributed by atoms with E-state index >= 15 is 0 Å². The highest BCUT2D eigenvalue weighted by Crippen LogP contribution is 2.28. The maximum absolute atomic E-state index is 3.70. The molecule has 0 heterocycles. The van der Waals surface area contributed by atoms with Gasteiger partial charge in [0.15, 0.2) is 0 Å². The number of hydrogen-bond donors (Lipinski definition) is 1. The SMILES string of the molecule is CCCCNC(C)(C)C(C)CCC(C)(C)C. The van der Waals surface area contributed by atoms with Gasteiger partial charge in [-0.25, -0.2) is 0 Å². The number of unbranched alkanes of at least 4 members (excludes halogenated alkanes) is 1. The van der Waals surface area contributed by atoms with Crippen LogP contribution in [0.1, 0.15) is 74.1 Å². The van der Waals surface area contributed by atoms with Gasteiger partial charge in [-0.3, -0.25) is 0 Å². The first-order valence-corrected chi connectivity index (χ1v) is 6.94. The van der Waals surface area contributed by atoms with E-state index in [0.717, 1.165) is 12.5 Å². The third-order valence-electron chi connectivity index (χ3n) is 3.67. The third kappa shape index (κ3) is 7.27. The number of nitrogens with one attached hydrogen (secondary N) is 1. The molecule has 0 aromatic carbocycles. The van der Waals surface area contributed by atoms with Gasteiger partial charge in [-0.05, 0) is 51.0 Å². The van der Waals surface area contributed by atoms with Crippen LogP contribution in [0, 0.1) is 11.3 Å². The van der Waals surface area contributed by atoms with Crippen molar-refractivity contribution < 1.29 is 0 Å². The lowest BCUT2D eigenvalue weighted by molar-refractivity contribution is 0.224. The van der Waals surface area contributed by atoms with Crippen LogP contribution < -0.4 is 5.32 Å². The second-order valence-electron chi connectivity index (χ2n) is 7.00. The van der Waals surface area contributed by atoms with Crippen molar-refractivity contribution in [2.45, 2.75) is 79.7 Å². The Morgan fingerprint density at radius 3 is 2.06 bits per heavy atom. The van der Waals surface area contributed by atoms with E-state index in [1.54, 1.807) is 0 Å². The van der Waals surface area contributed by atoms with Crippen molar-refractivity contribution >= 4 is 0 Å². The Morgan fingerprint density at radius 1 is 1.06 bits per heavy atom. The maximum atomic E-state index is 3.70. The smallest absolute Gasteiger partial charge is 0.0150 e. The average Bonchev–Trinajstić information content (AvgIpc) is 2.13. The molecule has 1 atom stereocenters. The summed E-state index contributed by atoms with van der Waals surface area (Å²) in [5.74, 6) is 0.739. The zero-order chi connectivity index (χ0) is 12.8. The van der Waals surface area contributed by atoms with Gasteiger partial charge in [0.25, 0.3) is 0 Å². The summed E-state index contributed by atoms with van der Waals surface area (Å²) in [5.41, 5.74) is 0.744. The van der Waals surface area contributed by atoms with Crippen molar-refractivity contribution in [1.82, 2.24) is 5.32 Å². The quantitative estimate of drug-likeness (QED) is 0.626. The van der Waals surface area contributed by atoms with E-state index in [1.165, 1.54) is 25.7 Å². The van der Waals surface area contributed by atoms with Gasteiger partial charge < -0.3 is 5.32 Å². The van der Waals surface area contributed by atoms with E-state index < -0.39 is 0 Å². The van der Waals surface area contributed by atoms with Crippen LogP contribution in [0.25, 0.3) is 0 Å². The summed E-state index contributed by atoms with van der Waals surface area (Å²) in [6.07, 6.45) is 5.19. The van der Waals surface area contributed by atoms with E-state index in [0.29, 0.717) is 5.41 Å². The van der Waals surface area contributed by atoms with Gasteiger partial charge >= 0.3 is 0 Å². The summed E-state index contributed by atoms with van der Waals surface area (Å²) in [5, 5.41) is 3.70. The van der Waals surface area contributed by atoms with Gasteiger partial charge in [0.1, 0.15) is 0 Å². The molecule has 0 amide bonds. The largest absolute Gasteiger partial charge is 0.312 e. The van der Waals surface area contributed by atoms with Crippen molar-refractivity contribution in [2.24, 2.45) is 11.3 Å². The lowest BCUT2D eigenvalue weighted by Crippen LogP contribution is -2.45. The third-order valence-corrected chi connectivity index (χ3v) is 3.67. The number of rotatable bonds is 7. The van der Waals surface area contributed by atoms with E-state index in [-0.39, 0.29) is 5.54 Å². The first kappa shape index (κ1) is 16.0. The van der Waals surface area contributed by atoms with Crippen LogP contribution in [-0.2, 0) is 0 Å². The Labute approximate surface area is 103 Å². The van der Waals surface area contributed by atoms with Crippen LogP contribution >= 0.6 is 0 Å². The summed E-state index contributed by atoms with van der Waals surface area (Å²) in [4.78, 5) is 0. The standard InChI is InChI=1S/C15H33N/c1-8-9-12-16-15(6,7)13(2)10-11-14(3,4)5/h13,16H,8-12H2,1-7H3. The van der Waals surface area contributed by atoms with Crippen LogP contribution in [0.4, 0.5) is 0 Å². The van der Waals surface area contributed by atoms with Crippen LogP contribution in [0.3, 0.4) is 0 Å². The lowest BCUT2D eigenvalue weighted by atomic mass is 9.80. The zero-order valence-electron chi connectivity index (χ0n) is 12.6. The van der Waals surface area contributed by atoms with Crippen molar-refractivity contribution in [3.8, 4) is 0 Å². The molecule has 0 bridgehead atoms. The number of hydrogen-bond acceptors (Lipinski definition) is 1. The highest BCUT2D eigenvalue weighted by Gasteiger charge is 2.25. The fourth-order valence-electron chi connectivity index (χ4n) is 1.77. The average molecular weight is 227 g/mol. The molecular formula is C15H33N. The Kier molecular flexibility index (Phi) is 6.62. The van der Waals surface area contributed by atoms with E-state index in [9.17, 15) is 0 Å². The van der Waals surface area contributed by atoms with Crippen molar-refractivity contribution in [3.05, 3.63) is 0 Å². The second-order valence-corrected chi connectivity index (χ2v) is 7.00. The summed E-state index contributed by atoms with van der Waals surface area (Å²) in [6, 6.07) is 0. The molecule has 0 saturated carbocycles. The van der Waals surface area contributed by atoms with Gasteiger partial charge in [-0.2, -0.15) is 0 Å². The van der Waals surface area contributed by atoms with E-state index in [1.807, 2.05) is 0 Å². The minimum Gasteiger partial charge on any atom is -0.312 e. The molecule has 0 radical (unpaired) electrons. The Balaban J connectivity index is 3.98. The lowest BCUT2D eigenvalue weighted by Gasteiger charge is -2.35. The Bertz CT molecular complexity index is 176. The molecule has 98 valence electrons. The fourth-order valence-corrected chi connectivity index (χ4v) is 1.77. The molecule has 0 aromatic rings. The maximum Gasteiger partial charge on any atom is 0.0150 e. The monoisotopic (exact) mass is 227 g/mol. The summed E-state index contributed by atoms with van der Waals surface area (Å²) in [6.45, 7) is 17.5. The second kappa shape index (κ2) is 6.64. The molecule has 0 aliphatic heterocycles. The Morgan fingerprint density at radius 2 is 1.62 bits per heavy atom. The van der Waals surface area contributed by atoms with Gasteiger partial charge in [0.05, 0.1) is 0 Å². The molecular weight excluding hydrogens is 194 g/mol. The van der Waals surface area contributed by atoms with Crippen LogP contribution in [0.5, 0.6) is 0 Å². The van der Waals surface area contributed by atoms with E-state index in [2.05, 4.69) is 53.8 Å². The molecule has 0 saturated heterocycles. The molecule has 1 unspecified atom stereocenters. The van der Waals surface area contributed by atoms with Crippen molar-refractivity contribution in [1.29, 1.82) is 0 Å². The van der Waals surface area contributed by atoms with Crippen molar-refractivity contribution in [3.63, 3.8) is 0 Å². The minimum atomic E-state index is 0.278. The topological polar surface area (TPSA) is 12.0 Å². The molecule has 0 rings (SSSR count). The molecule has 1 nitrogen and oxygen atoms in total. The zero-order valence-corrected chi connectivity index (χ0v) is 12.6. The highest BCUT2D eigenvalue weighted by atomic mass is 15.0. The predicted octanol–water partition coefficient (Wildman–Crippen LogP) is 4.62. The van der Waals surface area contributed by atoms with Gasteiger partial charge in [0.2, 0.25) is 0 Å². The molecule has 0 spiro atoms. The molecule has 1 heteroatoms. The minimum absolute atomic E-state index is 0.278. The first-order chi connectivity index (χ1) is 7.19. The van der Waals surface area contributed by atoms with E-state index in [4.69, 9.17) is 0 Å². The van der Waals surface area contributed by atoms with Crippen LogP contribution in [0.15, 0.2) is 0 Å². The molecule has 0 fully saturated rings. The summed E-state index contributed by atoms with van der Waals surface area (Å²) < 4.78 is 0. The fraction of sp³-hybridized carbons (Fsp3) is 1.00. The summed E-state index contributed by atoms with van der Waals surface area (Å²) in [7, 11) is 0. The van der Waals surface area contributed by atoms with Gasteiger partial charge in [0, 0.05) is 5.54 Å². The highest BCUT2D eigenvalue weighted by molar-refractivity contribution is 4.84. The van der Waals surface area contributed by atoms with Crippen molar-refractivity contribution in [2.75, 3.05) is 6.54 Å². The summed E-state index contributed by atoms with van der Waals surface area (Å²) >= 11 is 0. The van der Waals surface area contributed by atoms with Crippen LogP contribution in [0.2, 0.25) is 0 Å². The molecule has 16 heavy (non-hydrogen) atoms. The first-order valence-electron chi connectivity index (χ1n) is 6.94. The molecule has 0 aliphatic rings. The normalized spacial score (nSPS) is 15.2. The van der Waals surface area contributed by atoms with Gasteiger partial charge in [-0.15, -0.1) is 0 Å². The predicted molar refractivity (Wildman–Crippen MR) is 74.8 cm³/mol. The van der Waals surface area contributed by atoms with Gasteiger partial charge in [-0.1, -0.05) is 41.0 Å². The molecule has 0 aliphatic carbocycles. The van der Waals surface area contributed by atoms with Crippen LogP contribution in [-0.4, -0.2) is 12.1 Å². The Hall–Kier alpha value is -0.0400.